The molecule has 0 aliphatic heterocycles. The van der Waals surface area contributed by atoms with Gasteiger partial charge in [-0.15, -0.1) is 0 Å². The van der Waals surface area contributed by atoms with Crippen LogP contribution in [-0.2, 0) is 0 Å². The van der Waals surface area contributed by atoms with Gasteiger partial charge in [0.15, 0.2) is 0 Å². The number of aryl methyl sites for hydroxylation is 2. The lowest BCUT2D eigenvalue weighted by molar-refractivity contribution is 0.583. The van der Waals surface area contributed by atoms with Crippen molar-refractivity contribution in [1.29, 1.82) is 0 Å². The lowest BCUT2D eigenvalue weighted by Gasteiger charge is -2.20. The number of pyridine rings is 1. The van der Waals surface area contributed by atoms with E-state index in [1.54, 1.807) is 0 Å². The lowest BCUT2D eigenvalue weighted by atomic mass is 9.90. The van der Waals surface area contributed by atoms with Crippen molar-refractivity contribution in [3.05, 3.63) is 65.0 Å². The molecule has 2 aromatic rings. The summed E-state index contributed by atoms with van der Waals surface area (Å²) in [4.78, 5) is 4.39. The van der Waals surface area contributed by atoms with E-state index in [0.29, 0.717) is 0 Å². The Kier molecular flexibility index (Phi) is 3.78. The van der Waals surface area contributed by atoms with Gasteiger partial charge in [0.25, 0.3) is 0 Å². The third kappa shape index (κ3) is 2.59. The summed E-state index contributed by atoms with van der Waals surface area (Å²) in [6.45, 7) is 6.37. The molecule has 0 aliphatic rings. The molecular weight excluding hydrogens is 220 g/mol. The van der Waals surface area contributed by atoms with Gasteiger partial charge in [-0.05, 0) is 42.7 Å². The van der Waals surface area contributed by atoms with Crippen LogP contribution >= 0.6 is 0 Å². The van der Waals surface area contributed by atoms with Crippen molar-refractivity contribution in [2.45, 2.75) is 32.7 Å². The molecule has 0 spiro atoms. The fraction of sp³-hybridized carbons (Fsp3) is 0.312. The molecule has 2 atom stereocenters. The van der Waals surface area contributed by atoms with E-state index in [1.807, 2.05) is 24.4 Å². The molecule has 2 unspecified atom stereocenters. The zero-order valence-corrected chi connectivity index (χ0v) is 11.2. The SMILES string of the molecule is Cc1ccc(C(N)C(C)c2ccccn2)cc1C. The summed E-state index contributed by atoms with van der Waals surface area (Å²) in [5.74, 6) is 0.216. The predicted octanol–water partition coefficient (Wildman–Crippen LogP) is 3.50. The molecule has 0 radical (unpaired) electrons. The van der Waals surface area contributed by atoms with Crippen LogP contribution in [-0.4, -0.2) is 4.98 Å². The Balaban J connectivity index is 2.25. The quantitative estimate of drug-likeness (QED) is 0.891. The normalized spacial score (nSPS) is 14.2. The molecule has 2 rings (SSSR count). The van der Waals surface area contributed by atoms with E-state index in [-0.39, 0.29) is 12.0 Å². The molecule has 0 aliphatic carbocycles. The molecule has 2 N–H and O–H groups in total. The highest BCUT2D eigenvalue weighted by molar-refractivity contribution is 5.33. The number of hydrogen-bond donors (Lipinski definition) is 1. The first-order valence-electron chi connectivity index (χ1n) is 6.33. The molecule has 0 saturated carbocycles. The van der Waals surface area contributed by atoms with Crippen LogP contribution in [0, 0.1) is 13.8 Å². The van der Waals surface area contributed by atoms with Crippen LogP contribution in [0.1, 0.15) is 41.3 Å². The maximum absolute atomic E-state index is 6.35. The van der Waals surface area contributed by atoms with Crippen molar-refractivity contribution in [3.8, 4) is 0 Å². The molecular formula is C16H20N2. The number of hydrogen-bond acceptors (Lipinski definition) is 2. The average Bonchev–Trinajstić information content (AvgIpc) is 2.41. The third-order valence-electron chi connectivity index (χ3n) is 3.61. The van der Waals surface area contributed by atoms with E-state index in [4.69, 9.17) is 5.73 Å². The highest BCUT2D eigenvalue weighted by Gasteiger charge is 2.17. The highest BCUT2D eigenvalue weighted by atomic mass is 14.7. The second-order valence-corrected chi connectivity index (χ2v) is 4.91. The van der Waals surface area contributed by atoms with Gasteiger partial charge < -0.3 is 5.73 Å². The Hall–Kier alpha value is -1.67. The molecule has 18 heavy (non-hydrogen) atoms. The topological polar surface area (TPSA) is 38.9 Å². The van der Waals surface area contributed by atoms with Crippen LogP contribution in [0.3, 0.4) is 0 Å². The Labute approximate surface area is 109 Å². The fourth-order valence-electron chi connectivity index (χ4n) is 2.09. The molecule has 1 heterocycles. The Morgan fingerprint density at radius 3 is 2.44 bits per heavy atom. The molecule has 0 amide bonds. The maximum Gasteiger partial charge on any atom is 0.0450 e. The largest absolute Gasteiger partial charge is 0.323 e. The maximum atomic E-state index is 6.35. The van der Waals surface area contributed by atoms with Gasteiger partial charge in [0.2, 0.25) is 0 Å². The zero-order valence-electron chi connectivity index (χ0n) is 11.2. The summed E-state index contributed by atoms with van der Waals surface area (Å²) in [5, 5.41) is 0. The molecule has 1 aromatic carbocycles. The van der Waals surface area contributed by atoms with Crippen molar-refractivity contribution in [2.24, 2.45) is 5.73 Å². The van der Waals surface area contributed by atoms with Gasteiger partial charge in [-0.25, -0.2) is 0 Å². The van der Waals surface area contributed by atoms with Gasteiger partial charge in [-0.1, -0.05) is 31.2 Å². The van der Waals surface area contributed by atoms with Crippen LogP contribution < -0.4 is 5.73 Å². The fourth-order valence-corrected chi connectivity index (χ4v) is 2.09. The molecule has 0 bridgehead atoms. The second-order valence-electron chi connectivity index (χ2n) is 4.91. The average molecular weight is 240 g/mol. The predicted molar refractivity (Wildman–Crippen MR) is 75.5 cm³/mol. The summed E-state index contributed by atoms with van der Waals surface area (Å²) in [5.41, 5.74) is 11.2. The van der Waals surface area contributed by atoms with Crippen molar-refractivity contribution >= 4 is 0 Å². The Morgan fingerprint density at radius 1 is 1.06 bits per heavy atom. The van der Waals surface area contributed by atoms with Crippen LogP contribution in [0.25, 0.3) is 0 Å². The summed E-state index contributed by atoms with van der Waals surface area (Å²) < 4.78 is 0. The summed E-state index contributed by atoms with van der Waals surface area (Å²) >= 11 is 0. The lowest BCUT2D eigenvalue weighted by Crippen LogP contribution is -2.18. The minimum absolute atomic E-state index is 0.0146. The summed E-state index contributed by atoms with van der Waals surface area (Å²) in [6.07, 6.45) is 1.82. The van der Waals surface area contributed by atoms with Gasteiger partial charge in [-0.3, -0.25) is 4.98 Å². The Bertz CT molecular complexity index is 520. The minimum atomic E-state index is -0.0146. The highest BCUT2D eigenvalue weighted by Crippen LogP contribution is 2.28. The summed E-state index contributed by atoms with van der Waals surface area (Å²) in [6, 6.07) is 12.4. The summed E-state index contributed by atoms with van der Waals surface area (Å²) in [7, 11) is 0. The zero-order chi connectivity index (χ0) is 13.1. The number of benzene rings is 1. The van der Waals surface area contributed by atoms with Crippen LogP contribution in [0.4, 0.5) is 0 Å². The van der Waals surface area contributed by atoms with Gasteiger partial charge in [0.05, 0.1) is 0 Å². The van der Waals surface area contributed by atoms with Crippen molar-refractivity contribution in [2.75, 3.05) is 0 Å². The van der Waals surface area contributed by atoms with E-state index in [0.717, 1.165) is 5.69 Å². The van der Waals surface area contributed by atoms with E-state index in [9.17, 15) is 0 Å². The molecule has 0 fully saturated rings. The van der Waals surface area contributed by atoms with Gasteiger partial charge >= 0.3 is 0 Å². The van der Waals surface area contributed by atoms with Crippen LogP contribution in [0.5, 0.6) is 0 Å². The molecule has 2 heteroatoms. The van der Waals surface area contributed by atoms with Crippen LogP contribution in [0.2, 0.25) is 0 Å². The minimum Gasteiger partial charge on any atom is -0.323 e. The monoisotopic (exact) mass is 240 g/mol. The van der Waals surface area contributed by atoms with Gasteiger partial charge in [-0.2, -0.15) is 0 Å². The van der Waals surface area contributed by atoms with E-state index in [2.05, 4.69) is 44.0 Å². The third-order valence-corrected chi connectivity index (χ3v) is 3.61. The number of nitrogens with zero attached hydrogens (tertiary/aromatic N) is 1. The number of rotatable bonds is 3. The van der Waals surface area contributed by atoms with Crippen molar-refractivity contribution in [1.82, 2.24) is 4.98 Å². The number of aromatic nitrogens is 1. The molecule has 0 saturated heterocycles. The van der Waals surface area contributed by atoms with E-state index >= 15 is 0 Å². The first kappa shape index (κ1) is 12.8. The van der Waals surface area contributed by atoms with Crippen molar-refractivity contribution < 1.29 is 0 Å². The molecule has 1 aromatic heterocycles. The smallest absolute Gasteiger partial charge is 0.0450 e. The van der Waals surface area contributed by atoms with Gasteiger partial charge in [0, 0.05) is 23.9 Å². The van der Waals surface area contributed by atoms with Crippen LogP contribution in [0.15, 0.2) is 42.6 Å². The Morgan fingerprint density at radius 2 is 1.83 bits per heavy atom. The number of nitrogens with two attached hydrogens (primary N) is 1. The van der Waals surface area contributed by atoms with Crippen molar-refractivity contribution in [3.63, 3.8) is 0 Å². The molecule has 94 valence electrons. The van der Waals surface area contributed by atoms with E-state index in [1.165, 1.54) is 16.7 Å². The molecule has 2 nitrogen and oxygen atoms in total. The second kappa shape index (κ2) is 5.32. The first-order valence-corrected chi connectivity index (χ1v) is 6.33. The standard InChI is InChI=1S/C16H20N2/c1-11-7-8-14(10-12(11)2)16(17)13(3)15-6-4-5-9-18-15/h4-10,13,16H,17H2,1-3H3. The van der Waals surface area contributed by atoms with Gasteiger partial charge in [0.1, 0.15) is 0 Å². The first-order chi connectivity index (χ1) is 8.59. The van der Waals surface area contributed by atoms with E-state index < -0.39 is 0 Å².